The predicted molar refractivity (Wildman–Crippen MR) is 70.1 cm³/mol. The lowest BCUT2D eigenvalue weighted by Gasteiger charge is -2.37. The highest BCUT2D eigenvalue weighted by atomic mass is 35.5. The molecule has 1 aliphatic rings. The zero-order chi connectivity index (χ0) is 14.0. The van der Waals surface area contributed by atoms with Gasteiger partial charge in [0.05, 0.1) is 5.02 Å². The van der Waals surface area contributed by atoms with Gasteiger partial charge in [-0.05, 0) is 25.5 Å². The molecule has 0 radical (unpaired) electrons. The number of carbonyl (C=O) groups excluding carboxylic acids is 1. The molecule has 0 aliphatic carbocycles. The van der Waals surface area contributed by atoms with E-state index in [1.807, 2.05) is 4.90 Å². The average Bonchev–Trinajstić information content (AvgIpc) is 2.35. The monoisotopic (exact) mass is 286 g/mol. The Hall–Kier alpha value is -1.17. The van der Waals surface area contributed by atoms with E-state index in [0.29, 0.717) is 31.5 Å². The number of aliphatic hydroxyl groups is 1. The summed E-state index contributed by atoms with van der Waals surface area (Å²) in [6.45, 7) is 1.10. The van der Waals surface area contributed by atoms with E-state index in [1.54, 1.807) is 12.1 Å². The van der Waals surface area contributed by atoms with Crippen LogP contribution >= 0.6 is 11.6 Å². The number of carbonyl (C=O) groups is 1. The summed E-state index contributed by atoms with van der Waals surface area (Å²) in [6, 6.07) is 4.79. The normalized spacial score (nSPS) is 24.4. The molecule has 0 aromatic heterocycles. The molecule has 4 nitrogen and oxygen atoms in total. The van der Waals surface area contributed by atoms with Crippen molar-refractivity contribution >= 4 is 17.5 Å². The highest BCUT2D eigenvalue weighted by Gasteiger charge is 2.38. The predicted octanol–water partition coefficient (Wildman–Crippen LogP) is 1.29. The van der Waals surface area contributed by atoms with Gasteiger partial charge in [0, 0.05) is 18.7 Å². The second kappa shape index (κ2) is 5.45. The molecule has 1 heterocycles. The lowest BCUT2D eigenvalue weighted by molar-refractivity contribution is -0.142. The fraction of sp³-hybridized carbons (Fsp3) is 0.462. The first-order valence-corrected chi connectivity index (χ1v) is 6.48. The SMILES string of the molecule is NC(=O)[C@@]1(O)CCCN(Cc2cccc(Cl)c2F)C1. The number of amides is 1. The van der Waals surface area contributed by atoms with Gasteiger partial charge in [-0.2, -0.15) is 0 Å². The zero-order valence-corrected chi connectivity index (χ0v) is 11.2. The van der Waals surface area contributed by atoms with E-state index in [9.17, 15) is 14.3 Å². The van der Waals surface area contributed by atoms with Crippen molar-refractivity contribution in [1.29, 1.82) is 0 Å². The maximum atomic E-state index is 13.8. The lowest BCUT2D eigenvalue weighted by atomic mass is 9.92. The van der Waals surface area contributed by atoms with E-state index in [4.69, 9.17) is 17.3 Å². The lowest BCUT2D eigenvalue weighted by Crippen LogP contribution is -2.55. The summed E-state index contributed by atoms with van der Waals surface area (Å²) in [5.41, 5.74) is 4.13. The van der Waals surface area contributed by atoms with Crippen LogP contribution in [0.25, 0.3) is 0 Å². The number of piperidine rings is 1. The standard InChI is InChI=1S/C13H16ClFN2O2/c14-10-4-1-3-9(11(10)15)7-17-6-2-5-13(19,8-17)12(16)18/h1,3-4,19H,2,5-8H2,(H2,16,18)/t13-/m1/s1. The molecule has 1 aliphatic heterocycles. The van der Waals surface area contributed by atoms with Crippen LogP contribution in [0.3, 0.4) is 0 Å². The van der Waals surface area contributed by atoms with Gasteiger partial charge in [0.1, 0.15) is 5.82 Å². The van der Waals surface area contributed by atoms with Crippen LogP contribution in [-0.4, -0.2) is 34.6 Å². The van der Waals surface area contributed by atoms with Crippen LogP contribution in [0.5, 0.6) is 0 Å². The van der Waals surface area contributed by atoms with Crippen LogP contribution in [0.1, 0.15) is 18.4 Å². The van der Waals surface area contributed by atoms with Gasteiger partial charge in [-0.15, -0.1) is 0 Å². The molecule has 3 N–H and O–H groups in total. The Balaban J connectivity index is 2.11. The van der Waals surface area contributed by atoms with Crippen LogP contribution in [0.4, 0.5) is 4.39 Å². The Morgan fingerprint density at radius 3 is 3.00 bits per heavy atom. The van der Waals surface area contributed by atoms with Crippen molar-refractivity contribution in [2.24, 2.45) is 5.73 Å². The maximum Gasteiger partial charge on any atom is 0.250 e. The summed E-state index contributed by atoms with van der Waals surface area (Å²) in [6.07, 6.45) is 0.985. The Morgan fingerprint density at radius 1 is 1.58 bits per heavy atom. The van der Waals surface area contributed by atoms with Gasteiger partial charge in [-0.1, -0.05) is 23.7 Å². The molecular weight excluding hydrogens is 271 g/mol. The number of likely N-dealkylation sites (tertiary alicyclic amines) is 1. The number of rotatable bonds is 3. The molecule has 1 saturated heterocycles. The quantitative estimate of drug-likeness (QED) is 0.880. The highest BCUT2D eigenvalue weighted by Crippen LogP contribution is 2.24. The maximum absolute atomic E-state index is 13.8. The third-order valence-electron chi connectivity index (χ3n) is 3.43. The third kappa shape index (κ3) is 3.05. The Bertz CT molecular complexity index is 498. The van der Waals surface area contributed by atoms with Gasteiger partial charge < -0.3 is 10.8 Å². The first-order chi connectivity index (χ1) is 8.92. The van der Waals surface area contributed by atoms with Gasteiger partial charge in [0.2, 0.25) is 0 Å². The fourth-order valence-electron chi connectivity index (χ4n) is 2.37. The number of β-amino-alcohol motifs (C(OH)–C–C–N with tert-alkyl or cyclic N) is 1. The first-order valence-electron chi connectivity index (χ1n) is 6.10. The van der Waals surface area contributed by atoms with Crippen LogP contribution < -0.4 is 5.73 Å². The van der Waals surface area contributed by atoms with Gasteiger partial charge in [0.25, 0.3) is 5.91 Å². The van der Waals surface area contributed by atoms with E-state index < -0.39 is 17.3 Å². The molecule has 0 saturated carbocycles. The van der Waals surface area contributed by atoms with Crippen molar-refractivity contribution in [3.8, 4) is 0 Å². The molecule has 0 bridgehead atoms. The van der Waals surface area contributed by atoms with Crippen molar-refractivity contribution in [2.45, 2.75) is 25.0 Å². The largest absolute Gasteiger partial charge is 0.379 e. The number of hydrogen-bond donors (Lipinski definition) is 2. The van der Waals surface area contributed by atoms with Gasteiger partial charge in [-0.25, -0.2) is 4.39 Å². The molecular formula is C13H16ClFN2O2. The van der Waals surface area contributed by atoms with Gasteiger partial charge in [-0.3, -0.25) is 9.69 Å². The van der Waals surface area contributed by atoms with Crippen molar-refractivity contribution < 1.29 is 14.3 Å². The minimum atomic E-state index is -1.52. The molecule has 0 spiro atoms. The van der Waals surface area contributed by atoms with Crippen molar-refractivity contribution in [1.82, 2.24) is 4.90 Å². The smallest absolute Gasteiger partial charge is 0.250 e. The van der Waals surface area contributed by atoms with Crippen LogP contribution in [0.15, 0.2) is 18.2 Å². The van der Waals surface area contributed by atoms with E-state index in [1.165, 1.54) is 6.07 Å². The van der Waals surface area contributed by atoms with E-state index in [0.717, 1.165) is 0 Å². The van der Waals surface area contributed by atoms with Crippen LogP contribution in [0, 0.1) is 5.82 Å². The molecule has 6 heteroatoms. The number of hydrogen-bond acceptors (Lipinski definition) is 3. The first kappa shape index (κ1) is 14.2. The molecule has 1 fully saturated rings. The van der Waals surface area contributed by atoms with E-state index >= 15 is 0 Å². The molecule has 1 aromatic carbocycles. The minimum Gasteiger partial charge on any atom is -0.379 e. The molecule has 2 rings (SSSR count). The number of benzene rings is 1. The highest BCUT2D eigenvalue weighted by molar-refractivity contribution is 6.30. The minimum absolute atomic E-state index is 0.0691. The number of nitrogens with two attached hydrogens (primary N) is 1. The fourth-order valence-corrected chi connectivity index (χ4v) is 2.56. The van der Waals surface area contributed by atoms with Crippen LogP contribution in [0.2, 0.25) is 5.02 Å². The summed E-state index contributed by atoms with van der Waals surface area (Å²) < 4.78 is 13.8. The Labute approximate surface area is 116 Å². The Kier molecular flexibility index (Phi) is 4.08. The molecule has 1 aromatic rings. The number of nitrogens with zero attached hydrogens (tertiary/aromatic N) is 1. The zero-order valence-electron chi connectivity index (χ0n) is 10.4. The molecule has 0 unspecified atom stereocenters. The summed E-state index contributed by atoms with van der Waals surface area (Å²) in [5, 5.41) is 10.2. The van der Waals surface area contributed by atoms with E-state index in [-0.39, 0.29) is 11.6 Å². The average molecular weight is 287 g/mol. The molecule has 19 heavy (non-hydrogen) atoms. The topological polar surface area (TPSA) is 66.6 Å². The summed E-state index contributed by atoms with van der Waals surface area (Å²) in [7, 11) is 0. The molecule has 1 atom stereocenters. The van der Waals surface area contributed by atoms with Crippen molar-refractivity contribution in [3.05, 3.63) is 34.6 Å². The number of primary amides is 1. The van der Waals surface area contributed by atoms with Crippen molar-refractivity contribution in [2.75, 3.05) is 13.1 Å². The summed E-state index contributed by atoms with van der Waals surface area (Å²) >= 11 is 5.72. The Morgan fingerprint density at radius 2 is 2.32 bits per heavy atom. The van der Waals surface area contributed by atoms with E-state index in [2.05, 4.69) is 0 Å². The van der Waals surface area contributed by atoms with Gasteiger partial charge in [0.15, 0.2) is 5.60 Å². The molecule has 104 valence electrons. The molecule has 1 amide bonds. The second-order valence-corrected chi connectivity index (χ2v) is 5.33. The summed E-state index contributed by atoms with van der Waals surface area (Å²) in [5.74, 6) is -1.19. The summed E-state index contributed by atoms with van der Waals surface area (Å²) in [4.78, 5) is 13.1. The number of halogens is 2. The van der Waals surface area contributed by atoms with Crippen LogP contribution in [-0.2, 0) is 11.3 Å². The third-order valence-corrected chi connectivity index (χ3v) is 3.73. The van der Waals surface area contributed by atoms with Gasteiger partial charge >= 0.3 is 0 Å². The second-order valence-electron chi connectivity index (χ2n) is 4.92. The van der Waals surface area contributed by atoms with Crippen molar-refractivity contribution in [3.63, 3.8) is 0 Å².